The largest absolute Gasteiger partial charge is 0.352 e. The first-order valence-corrected chi connectivity index (χ1v) is 2.69. The summed E-state index contributed by atoms with van der Waals surface area (Å²) in [5.74, 6) is 0. The summed E-state index contributed by atoms with van der Waals surface area (Å²) in [4.78, 5) is 34.7. The van der Waals surface area contributed by atoms with Crippen molar-refractivity contribution >= 4 is 12.1 Å². The summed E-state index contributed by atoms with van der Waals surface area (Å²) in [6.45, 7) is 0. The molecule has 0 spiro atoms. The second-order valence-corrected chi connectivity index (χ2v) is 1.28. The van der Waals surface area contributed by atoms with E-state index in [2.05, 4.69) is 22.9 Å². The summed E-state index contributed by atoms with van der Waals surface area (Å²) in [5.41, 5.74) is 17.0. The molecule has 0 heterocycles. The van der Waals surface area contributed by atoms with Crippen LogP contribution in [0.1, 0.15) is 0 Å². The Morgan fingerprint density at radius 1 is 0.812 bits per heavy atom. The van der Waals surface area contributed by atoms with Gasteiger partial charge in [0.15, 0.2) is 0 Å². The van der Waals surface area contributed by atoms with E-state index < -0.39 is 22.2 Å². The highest BCUT2D eigenvalue weighted by Crippen LogP contribution is 1.38. The molecular formula is C2H10N6O8. The van der Waals surface area contributed by atoms with Crippen molar-refractivity contribution in [3.05, 3.63) is 20.2 Å². The van der Waals surface area contributed by atoms with Crippen LogP contribution in [0.2, 0.25) is 0 Å². The van der Waals surface area contributed by atoms with Crippen LogP contribution in [0.4, 0.5) is 9.59 Å². The number of urea groups is 2. The van der Waals surface area contributed by atoms with Gasteiger partial charge in [0.2, 0.25) is 0 Å². The van der Waals surface area contributed by atoms with Crippen molar-refractivity contribution in [2.24, 2.45) is 22.9 Å². The topological polar surface area (TPSA) is 265 Å². The molecule has 16 heavy (non-hydrogen) atoms. The highest BCUT2D eigenvalue weighted by Gasteiger charge is 1.66. The third-order valence-electron chi connectivity index (χ3n) is 0. The van der Waals surface area contributed by atoms with Gasteiger partial charge in [-0.2, -0.15) is 0 Å². The Balaban J connectivity index is -0.0000000600. The minimum atomic E-state index is -1.50. The molecule has 4 amide bonds. The van der Waals surface area contributed by atoms with Gasteiger partial charge in [-0.05, 0) is 0 Å². The van der Waals surface area contributed by atoms with Gasteiger partial charge in [-0.25, -0.2) is 9.59 Å². The Bertz CT molecular complexity index is 163. The van der Waals surface area contributed by atoms with Gasteiger partial charge < -0.3 is 33.3 Å². The van der Waals surface area contributed by atoms with Crippen LogP contribution in [0.15, 0.2) is 0 Å². The number of carbonyl (C=O) groups is 2. The van der Waals surface area contributed by atoms with Crippen LogP contribution in [0, 0.1) is 20.2 Å². The molecule has 0 aliphatic carbocycles. The maximum Gasteiger partial charge on any atom is 0.309 e. The zero-order valence-corrected chi connectivity index (χ0v) is 7.55. The van der Waals surface area contributed by atoms with Crippen molar-refractivity contribution in [3.63, 3.8) is 0 Å². The molecule has 10 N–H and O–H groups in total. The zero-order chi connectivity index (χ0) is 14.3. The summed E-state index contributed by atoms with van der Waals surface area (Å²) in [7, 11) is 0. The van der Waals surface area contributed by atoms with Crippen molar-refractivity contribution in [2.75, 3.05) is 0 Å². The van der Waals surface area contributed by atoms with Gasteiger partial charge in [-0.1, -0.05) is 0 Å². The van der Waals surface area contributed by atoms with E-state index in [4.69, 9.17) is 40.2 Å². The van der Waals surface area contributed by atoms with Crippen LogP contribution in [0.3, 0.4) is 0 Å². The Kier molecular flexibility index (Phi) is 25.8. The molecular weight excluding hydrogens is 236 g/mol. The van der Waals surface area contributed by atoms with Gasteiger partial charge in [-0.3, -0.25) is 0 Å². The second kappa shape index (κ2) is 17.9. The molecule has 96 valence electrons. The minimum Gasteiger partial charge on any atom is -0.352 e. The SMILES string of the molecule is NC(N)=O.NC(N)=O.O=[N+]([O-])O.O=[N+]([O-])O. The molecule has 0 aromatic heterocycles. The molecule has 0 radical (unpaired) electrons. The first-order chi connectivity index (χ1) is 6.93. The van der Waals surface area contributed by atoms with Gasteiger partial charge >= 0.3 is 12.1 Å². The molecule has 0 rings (SSSR count). The number of hydrogen-bond acceptors (Lipinski definition) is 6. The number of nitrogens with zero attached hydrogens (tertiary/aromatic N) is 2. The lowest BCUT2D eigenvalue weighted by molar-refractivity contribution is -0.742. The van der Waals surface area contributed by atoms with Crippen molar-refractivity contribution in [1.29, 1.82) is 0 Å². The molecule has 0 fully saturated rings. The minimum absolute atomic E-state index is 0.833. The maximum absolute atomic E-state index is 9.00. The van der Waals surface area contributed by atoms with E-state index in [-0.39, 0.29) is 0 Å². The van der Waals surface area contributed by atoms with E-state index in [1.807, 2.05) is 0 Å². The van der Waals surface area contributed by atoms with Crippen molar-refractivity contribution in [1.82, 2.24) is 0 Å². The molecule has 0 saturated heterocycles. The monoisotopic (exact) mass is 246 g/mol. The Hall–Kier alpha value is -3.06. The highest BCUT2D eigenvalue weighted by atomic mass is 16.9. The fourth-order valence-electron chi connectivity index (χ4n) is 0. The summed E-state index contributed by atoms with van der Waals surface area (Å²) < 4.78 is 0. The Morgan fingerprint density at radius 2 is 0.812 bits per heavy atom. The fourth-order valence-corrected chi connectivity index (χ4v) is 0. The number of carbonyl (C=O) groups excluding carboxylic acids is 2. The normalized spacial score (nSPS) is 6.00. The fraction of sp³-hybridized carbons (Fsp3) is 0. The summed E-state index contributed by atoms with van der Waals surface area (Å²) in [6, 6.07) is -1.67. The Morgan fingerprint density at radius 3 is 0.812 bits per heavy atom. The Labute approximate surface area is 86.6 Å². The lowest BCUT2D eigenvalue weighted by Crippen LogP contribution is -2.18. The molecule has 0 unspecified atom stereocenters. The van der Waals surface area contributed by atoms with E-state index in [0.717, 1.165) is 0 Å². The summed E-state index contributed by atoms with van der Waals surface area (Å²) in [5, 5.41) is 27.3. The van der Waals surface area contributed by atoms with E-state index in [0.29, 0.717) is 0 Å². The van der Waals surface area contributed by atoms with E-state index in [1.54, 1.807) is 0 Å². The smallest absolute Gasteiger partial charge is 0.309 e. The van der Waals surface area contributed by atoms with Crippen molar-refractivity contribution < 1.29 is 30.2 Å². The third kappa shape index (κ3) is 115. The van der Waals surface area contributed by atoms with Crippen LogP contribution in [-0.2, 0) is 0 Å². The van der Waals surface area contributed by atoms with Crippen LogP contribution >= 0.6 is 0 Å². The van der Waals surface area contributed by atoms with Gasteiger partial charge in [0.05, 0.1) is 0 Å². The van der Waals surface area contributed by atoms with E-state index >= 15 is 0 Å². The number of amides is 4. The van der Waals surface area contributed by atoms with E-state index in [1.165, 1.54) is 0 Å². The molecule has 0 aromatic rings. The molecule has 14 nitrogen and oxygen atoms in total. The van der Waals surface area contributed by atoms with Gasteiger partial charge in [-0.15, -0.1) is 20.2 Å². The summed E-state index contributed by atoms with van der Waals surface area (Å²) in [6.07, 6.45) is 0. The van der Waals surface area contributed by atoms with Crippen molar-refractivity contribution in [3.8, 4) is 0 Å². The predicted octanol–water partition coefficient (Wildman–Crippen LogP) is -2.65. The quantitative estimate of drug-likeness (QED) is 0.193. The second-order valence-electron chi connectivity index (χ2n) is 1.28. The average molecular weight is 246 g/mol. The van der Waals surface area contributed by atoms with Crippen LogP contribution in [0.25, 0.3) is 0 Å². The number of rotatable bonds is 0. The lowest BCUT2D eigenvalue weighted by atomic mass is 11.2. The number of primary amides is 4. The molecule has 0 aliphatic heterocycles. The standard InChI is InChI=1S/2CH4N2O.2HNO3/c4*2-1(3)4/h2*(H4,2,3,4);2*(H,2,3,4). The number of nitrogens with two attached hydrogens (primary N) is 4. The van der Waals surface area contributed by atoms with Crippen molar-refractivity contribution in [2.45, 2.75) is 0 Å². The van der Waals surface area contributed by atoms with Crippen LogP contribution < -0.4 is 22.9 Å². The lowest BCUT2D eigenvalue weighted by Gasteiger charge is -1.62. The first kappa shape index (κ1) is 23.1. The maximum atomic E-state index is 9.00. The molecule has 0 aromatic carbocycles. The zero-order valence-electron chi connectivity index (χ0n) is 7.55. The molecule has 14 heteroatoms. The highest BCUT2D eigenvalue weighted by molar-refractivity contribution is 5.69. The predicted molar refractivity (Wildman–Crippen MR) is 45.1 cm³/mol. The van der Waals surface area contributed by atoms with Gasteiger partial charge in [0.25, 0.3) is 10.2 Å². The molecule has 0 aliphatic rings. The molecule has 0 bridgehead atoms. The van der Waals surface area contributed by atoms with Crippen LogP contribution in [0.5, 0.6) is 0 Å². The van der Waals surface area contributed by atoms with E-state index in [9.17, 15) is 0 Å². The third-order valence-corrected chi connectivity index (χ3v) is 0. The van der Waals surface area contributed by atoms with Gasteiger partial charge in [0.1, 0.15) is 0 Å². The average Bonchev–Trinajstić information content (AvgIpc) is 1.76. The number of hydrogen-bond donors (Lipinski definition) is 6. The summed E-state index contributed by atoms with van der Waals surface area (Å²) >= 11 is 0. The van der Waals surface area contributed by atoms with Gasteiger partial charge in [0, 0.05) is 0 Å². The van der Waals surface area contributed by atoms with Crippen LogP contribution in [-0.4, -0.2) is 32.6 Å². The first-order valence-electron chi connectivity index (χ1n) is 2.69. The molecule has 0 saturated carbocycles. The molecule has 0 atom stereocenters.